The summed E-state index contributed by atoms with van der Waals surface area (Å²) in [5.41, 5.74) is 0. The van der Waals surface area contributed by atoms with E-state index in [4.69, 9.17) is 13.8 Å². The molecule has 0 aromatic carbocycles. The number of carboxylic acids is 1. The molecule has 8 heteroatoms. The second-order valence-electron chi connectivity index (χ2n) is 6.40. The Labute approximate surface area is 181 Å². The van der Waals surface area contributed by atoms with Crippen molar-refractivity contribution in [3.8, 4) is 0 Å². The summed E-state index contributed by atoms with van der Waals surface area (Å²) in [6.07, 6.45) is 14.6. The summed E-state index contributed by atoms with van der Waals surface area (Å²) in [5.74, 6) is -0.737. The van der Waals surface area contributed by atoms with Crippen LogP contribution in [0.3, 0.4) is 0 Å². The summed E-state index contributed by atoms with van der Waals surface area (Å²) in [5, 5.41) is 8.54. The Morgan fingerprint density at radius 2 is 1.62 bits per heavy atom. The van der Waals surface area contributed by atoms with Crippen molar-refractivity contribution in [2.24, 2.45) is 0 Å². The van der Waals surface area contributed by atoms with Crippen molar-refractivity contribution in [3.63, 3.8) is 0 Å². The molecule has 0 saturated carbocycles. The number of carboxylic acid groups (broad SMARTS) is 1. The molecule has 0 aromatic rings. The Kier molecular flexibility index (Phi) is 20.1. The van der Waals surface area contributed by atoms with Gasteiger partial charge < -0.3 is 5.11 Å². The molecule has 0 rings (SSSR count). The number of hydrogen-bond donors (Lipinski definition) is 2. The summed E-state index contributed by atoms with van der Waals surface area (Å²) < 4.78 is 35.4. The minimum atomic E-state index is -4.41. The monoisotopic (exact) mass is 402 g/mol. The average molecular weight is 403 g/mol. The van der Waals surface area contributed by atoms with Crippen LogP contribution in [0.2, 0.25) is 0 Å². The second-order valence-corrected chi connectivity index (χ2v) is 7.45. The van der Waals surface area contributed by atoms with Gasteiger partial charge in [0.05, 0.1) is 6.10 Å². The second kappa shape index (κ2) is 18.4. The predicted octanol–water partition coefficient (Wildman–Crippen LogP) is 4.26. The topological polar surface area (TPSA) is 101 Å². The number of carbonyl (C=O) groups is 1. The van der Waals surface area contributed by atoms with Gasteiger partial charge in [-0.1, -0.05) is 64.0 Å². The van der Waals surface area contributed by atoms with E-state index in [9.17, 15) is 13.2 Å². The average Bonchev–Trinajstić information content (AvgIpc) is 2.51. The Hall–Kier alpha value is 0.0800. The van der Waals surface area contributed by atoms with Gasteiger partial charge in [-0.25, -0.2) is 4.18 Å². The molecular formula is C18H35NaO6S. The molecule has 26 heavy (non-hydrogen) atoms. The zero-order chi connectivity index (χ0) is 19.0. The minimum absolute atomic E-state index is 0. The van der Waals surface area contributed by atoms with Gasteiger partial charge in [0, 0.05) is 6.42 Å². The fourth-order valence-corrected chi connectivity index (χ4v) is 3.13. The fourth-order valence-electron chi connectivity index (χ4n) is 2.61. The third-order valence-corrected chi connectivity index (χ3v) is 4.48. The molecule has 0 heterocycles. The van der Waals surface area contributed by atoms with Crippen LogP contribution in [0.25, 0.3) is 0 Å². The van der Waals surface area contributed by atoms with E-state index in [1.807, 2.05) is 12.2 Å². The van der Waals surface area contributed by atoms with Crippen LogP contribution < -0.4 is 0 Å². The quantitative estimate of drug-likeness (QED) is 0.163. The third kappa shape index (κ3) is 22.1. The molecule has 0 aliphatic carbocycles. The van der Waals surface area contributed by atoms with Crippen LogP contribution in [-0.4, -0.2) is 59.7 Å². The van der Waals surface area contributed by atoms with Crippen LogP contribution in [0.15, 0.2) is 12.2 Å². The van der Waals surface area contributed by atoms with E-state index in [2.05, 4.69) is 6.92 Å². The Morgan fingerprint density at radius 3 is 2.23 bits per heavy atom. The Balaban J connectivity index is 0. The van der Waals surface area contributed by atoms with Gasteiger partial charge in [-0.3, -0.25) is 9.35 Å². The standard InChI is InChI=1S/C18H34O6S.Na.H/c1-2-3-4-11-14-17(24-25(21,22)23)15-12-9-7-5-6-8-10-13-16-18(19)20;;/h9,12,17H,2-8,10-11,13-16H2,1H3,(H,19,20)(H,21,22,23);;/b12-9-;;/t17-;;/m1../s1. The first-order valence-electron chi connectivity index (χ1n) is 9.37. The van der Waals surface area contributed by atoms with Crippen molar-refractivity contribution < 1.29 is 27.1 Å². The van der Waals surface area contributed by atoms with Gasteiger partial charge in [0.25, 0.3) is 0 Å². The van der Waals surface area contributed by atoms with Gasteiger partial charge in [0.1, 0.15) is 0 Å². The maximum atomic E-state index is 10.9. The van der Waals surface area contributed by atoms with Crippen molar-refractivity contribution in [3.05, 3.63) is 12.2 Å². The Bertz CT molecular complexity index is 464. The van der Waals surface area contributed by atoms with Gasteiger partial charge in [-0.2, -0.15) is 8.42 Å². The van der Waals surface area contributed by atoms with Gasteiger partial charge in [0.15, 0.2) is 0 Å². The summed E-state index contributed by atoms with van der Waals surface area (Å²) in [6.45, 7) is 2.11. The van der Waals surface area contributed by atoms with Gasteiger partial charge in [-0.05, 0) is 32.1 Å². The molecule has 0 aromatic heterocycles. The molecule has 0 radical (unpaired) electrons. The molecule has 0 amide bonds. The number of rotatable bonds is 17. The van der Waals surface area contributed by atoms with Crippen LogP contribution in [-0.2, 0) is 19.4 Å². The molecule has 2 N–H and O–H groups in total. The summed E-state index contributed by atoms with van der Waals surface area (Å²) in [4.78, 5) is 10.4. The van der Waals surface area contributed by atoms with Gasteiger partial charge >= 0.3 is 45.9 Å². The summed E-state index contributed by atoms with van der Waals surface area (Å²) in [7, 11) is -4.41. The first kappa shape index (κ1) is 28.3. The number of unbranched alkanes of at least 4 members (excludes halogenated alkanes) is 8. The van der Waals surface area contributed by atoms with Crippen molar-refractivity contribution in [2.75, 3.05) is 0 Å². The van der Waals surface area contributed by atoms with E-state index in [0.717, 1.165) is 64.2 Å². The van der Waals surface area contributed by atoms with E-state index in [1.165, 1.54) is 0 Å². The van der Waals surface area contributed by atoms with E-state index in [-0.39, 0.29) is 36.0 Å². The van der Waals surface area contributed by atoms with Crippen molar-refractivity contribution in [1.29, 1.82) is 0 Å². The number of hydrogen-bond acceptors (Lipinski definition) is 4. The molecule has 0 spiro atoms. The van der Waals surface area contributed by atoms with Crippen LogP contribution >= 0.6 is 0 Å². The summed E-state index contributed by atoms with van der Waals surface area (Å²) >= 11 is 0. The van der Waals surface area contributed by atoms with Crippen LogP contribution in [0.1, 0.15) is 90.4 Å². The van der Waals surface area contributed by atoms with E-state index >= 15 is 0 Å². The molecule has 0 saturated heterocycles. The van der Waals surface area contributed by atoms with Crippen LogP contribution in [0.5, 0.6) is 0 Å². The van der Waals surface area contributed by atoms with Crippen LogP contribution in [0.4, 0.5) is 0 Å². The third-order valence-electron chi connectivity index (χ3n) is 3.96. The van der Waals surface area contributed by atoms with Crippen molar-refractivity contribution in [1.82, 2.24) is 0 Å². The molecule has 150 valence electrons. The maximum absolute atomic E-state index is 10.9. The van der Waals surface area contributed by atoms with Gasteiger partial charge in [0.2, 0.25) is 0 Å². The first-order chi connectivity index (χ1) is 11.8. The molecule has 0 bridgehead atoms. The molecule has 0 aliphatic rings. The zero-order valence-corrected chi connectivity index (χ0v) is 16.2. The predicted molar refractivity (Wildman–Crippen MR) is 106 cm³/mol. The molecular weight excluding hydrogens is 367 g/mol. The van der Waals surface area contributed by atoms with Crippen LogP contribution in [0, 0.1) is 0 Å². The van der Waals surface area contributed by atoms with E-state index < -0.39 is 22.5 Å². The zero-order valence-electron chi connectivity index (χ0n) is 15.4. The number of aliphatic carboxylic acids is 1. The normalized spacial score (nSPS) is 12.8. The summed E-state index contributed by atoms with van der Waals surface area (Å²) in [6, 6.07) is 0. The number of allylic oxidation sites excluding steroid dienone is 1. The molecule has 6 nitrogen and oxygen atoms in total. The fraction of sp³-hybridized carbons (Fsp3) is 0.833. The molecule has 0 unspecified atom stereocenters. The van der Waals surface area contributed by atoms with E-state index in [1.54, 1.807) is 0 Å². The molecule has 0 aliphatic heterocycles. The van der Waals surface area contributed by atoms with Gasteiger partial charge in [-0.15, -0.1) is 0 Å². The Morgan fingerprint density at radius 1 is 1.00 bits per heavy atom. The molecule has 0 fully saturated rings. The first-order valence-corrected chi connectivity index (χ1v) is 10.7. The molecule has 1 atom stereocenters. The SMILES string of the molecule is CCCCCC[C@H](C/C=C\CCCCCCCC(=O)O)OS(=O)(=O)O.[NaH]. The van der Waals surface area contributed by atoms with Crippen molar-refractivity contribution >= 4 is 45.9 Å². The van der Waals surface area contributed by atoms with E-state index in [0.29, 0.717) is 12.8 Å². The van der Waals surface area contributed by atoms with Crippen molar-refractivity contribution in [2.45, 2.75) is 96.5 Å².